The second-order valence-corrected chi connectivity index (χ2v) is 6.85. The average Bonchev–Trinajstić information content (AvgIpc) is 3.25. The maximum Gasteiger partial charge on any atom is 0.315 e. The average molecular weight is 380 g/mol. The first-order valence-corrected chi connectivity index (χ1v) is 9.24. The lowest BCUT2D eigenvalue weighted by Crippen LogP contribution is -2.44. The van der Waals surface area contributed by atoms with Crippen LogP contribution in [0.15, 0.2) is 60.8 Å². The Balaban J connectivity index is 1.28. The quantitative estimate of drug-likeness (QED) is 0.715. The van der Waals surface area contributed by atoms with Crippen LogP contribution in [0.4, 0.5) is 14.9 Å². The van der Waals surface area contributed by atoms with Crippen molar-refractivity contribution in [2.24, 2.45) is 0 Å². The Kier molecular flexibility index (Phi) is 4.97. The standard InChI is InChI=1S/C21H21FN4O2/c22-16-5-3-6-18(12-16)26-14-17(13-20(26)27)24-21(28)23-9-11-25-10-8-15-4-1-2-7-19(15)25/h1-8,10,12,17H,9,11,13-14H2,(H2,23,24,28)/t17-/m1/s1. The number of benzene rings is 2. The molecule has 0 aliphatic carbocycles. The molecule has 1 fully saturated rings. The summed E-state index contributed by atoms with van der Waals surface area (Å²) in [5, 5.41) is 6.82. The lowest BCUT2D eigenvalue weighted by molar-refractivity contribution is -0.117. The van der Waals surface area contributed by atoms with E-state index in [0.717, 1.165) is 10.9 Å². The molecule has 144 valence electrons. The highest BCUT2D eigenvalue weighted by Gasteiger charge is 2.31. The first-order valence-electron chi connectivity index (χ1n) is 9.24. The molecule has 1 aliphatic heterocycles. The van der Waals surface area contributed by atoms with E-state index in [0.29, 0.717) is 25.3 Å². The van der Waals surface area contributed by atoms with Crippen LogP contribution in [0.25, 0.3) is 10.9 Å². The molecule has 3 aromatic rings. The van der Waals surface area contributed by atoms with E-state index in [9.17, 15) is 14.0 Å². The molecule has 2 aromatic carbocycles. The summed E-state index contributed by atoms with van der Waals surface area (Å²) in [5.41, 5.74) is 1.63. The molecule has 1 atom stereocenters. The molecule has 2 heterocycles. The summed E-state index contributed by atoms with van der Waals surface area (Å²) in [6.45, 7) is 1.46. The Morgan fingerprint density at radius 1 is 1.14 bits per heavy atom. The number of hydrogen-bond donors (Lipinski definition) is 2. The minimum Gasteiger partial charge on any atom is -0.346 e. The molecule has 0 saturated carbocycles. The first-order chi connectivity index (χ1) is 13.6. The number of carbonyl (C=O) groups excluding carboxylic acids is 2. The number of anilines is 1. The maximum atomic E-state index is 13.4. The Hall–Kier alpha value is -3.35. The zero-order chi connectivity index (χ0) is 19.5. The van der Waals surface area contributed by atoms with Crippen molar-refractivity contribution in [3.63, 3.8) is 0 Å². The lowest BCUT2D eigenvalue weighted by atomic mass is 10.2. The van der Waals surface area contributed by atoms with E-state index in [1.807, 2.05) is 36.5 Å². The van der Waals surface area contributed by atoms with Gasteiger partial charge in [0.1, 0.15) is 5.82 Å². The number of carbonyl (C=O) groups is 2. The van der Waals surface area contributed by atoms with Gasteiger partial charge in [0.25, 0.3) is 0 Å². The Morgan fingerprint density at radius 2 is 2.00 bits per heavy atom. The second kappa shape index (κ2) is 7.72. The summed E-state index contributed by atoms with van der Waals surface area (Å²) >= 11 is 0. The molecule has 6 nitrogen and oxygen atoms in total. The number of hydrogen-bond acceptors (Lipinski definition) is 2. The molecular formula is C21H21FN4O2. The highest BCUT2D eigenvalue weighted by Crippen LogP contribution is 2.22. The second-order valence-electron chi connectivity index (χ2n) is 6.85. The van der Waals surface area contributed by atoms with Crippen molar-refractivity contribution in [1.29, 1.82) is 0 Å². The van der Waals surface area contributed by atoms with E-state index in [-0.39, 0.29) is 24.4 Å². The highest BCUT2D eigenvalue weighted by atomic mass is 19.1. The van der Waals surface area contributed by atoms with Gasteiger partial charge in [0.05, 0.1) is 6.04 Å². The summed E-state index contributed by atoms with van der Waals surface area (Å²) in [7, 11) is 0. The summed E-state index contributed by atoms with van der Waals surface area (Å²) in [5.74, 6) is -0.522. The fourth-order valence-electron chi connectivity index (χ4n) is 3.56. The number of urea groups is 1. The summed E-state index contributed by atoms with van der Waals surface area (Å²) in [6.07, 6.45) is 2.20. The van der Waals surface area contributed by atoms with Gasteiger partial charge in [-0.1, -0.05) is 24.3 Å². The van der Waals surface area contributed by atoms with Crippen molar-refractivity contribution in [3.8, 4) is 0 Å². The molecule has 3 amide bonds. The smallest absolute Gasteiger partial charge is 0.315 e. The van der Waals surface area contributed by atoms with Gasteiger partial charge in [0.15, 0.2) is 0 Å². The number of amides is 3. The first kappa shape index (κ1) is 18.0. The van der Waals surface area contributed by atoms with Gasteiger partial charge >= 0.3 is 6.03 Å². The van der Waals surface area contributed by atoms with E-state index in [1.54, 1.807) is 12.1 Å². The number of rotatable bonds is 5. The van der Waals surface area contributed by atoms with Gasteiger partial charge in [-0.15, -0.1) is 0 Å². The summed E-state index contributed by atoms with van der Waals surface area (Å²) in [4.78, 5) is 25.9. The molecule has 0 spiro atoms. The van der Waals surface area contributed by atoms with Gasteiger partial charge in [-0.25, -0.2) is 9.18 Å². The van der Waals surface area contributed by atoms with Gasteiger partial charge in [0.2, 0.25) is 5.91 Å². The number of fused-ring (bicyclic) bond motifs is 1. The van der Waals surface area contributed by atoms with E-state index in [1.165, 1.54) is 17.0 Å². The van der Waals surface area contributed by atoms with Crippen LogP contribution in [-0.4, -0.2) is 35.6 Å². The van der Waals surface area contributed by atoms with Crippen LogP contribution >= 0.6 is 0 Å². The largest absolute Gasteiger partial charge is 0.346 e. The third kappa shape index (κ3) is 3.83. The lowest BCUT2D eigenvalue weighted by Gasteiger charge is -2.17. The molecule has 1 aromatic heterocycles. The molecule has 1 aliphatic rings. The van der Waals surface area contributed by atoms with Crippen LogP contribution in [0.1, 0.15) is 6.42 Å². The normalized spacial score (nSPS) is 16.5. The molecule has 1 saturated heterocycles. The van der Waals surface area contributed by atoms with Gasteiger partial charge in [0, 0.05) is 43.5 Å². The van der Waals surface area contributed by atoms with Crippen LogP contribution in [-0.2, 0) is 11.3 Å². The van der Waals surface area contributed by atoms with Crippen LogP contribution in [0.5, 0.6) is 0 Å². The Morgan fingerprint density at radius 3 is 2.86 bits per heavy atom. The highest BCUT2D eigenvalue weighted by molar-refractivity contribution is 5.96. The maximum absolute atomic E-state index is 13.4. The van der Waals surface area contributed by atoms with Crippen molar-refractivity contribution in [3.05, 3.63) is 66.6 Å². The van der Waals surface area contributed by atoms with Crippen LogP contribution in [0.3, 0.4) is 0 Å². The zero-order valence-electron chi connectivity index (χ0n) is 15.3. The SMILES string of the molecule is O=C(NCCn1ccc2ccccc21)N[C@@H]1CC(=O)N(c2cccc(F)c2)C1. The minimum atomic E-state index is -0.392. The molecule has 0 radical (unpaired) electrons. The topological polar surface area (TPSA) is 66.4 Å². The molecule has 2 N–H and O–H groups in total. The number of nitrogens with zero attached hydrogens (tertiary/aromatic N) is 2. The molecule has 28 heavy (non-hydrogen) atoms. The van der Waals surface area contributed by atoms with Gasteiger partial charge in [-0.2, -0.15) is 0 Å². The predicted octanol–water partition coefficient (Wildman–Crippen LogP) is 2.89. The fourth-order valence-corrected chi connectivity index (χ4v) is 3.56. The summed E-state index contributed by atoms with van der Waals surface area (Å²) in [6, 6.07) is 15.4. The number of aromatic nitrogens is 1. The van der Waals surface area contributed by atoms with E-state index in [2.05, 4.69) is 15.2 Å². The third-order valence-corrected chi connectivity index (χ3v) is 4.90. The Bertz CT molecular complexity index is 1020. The van der Waals surface area contributed by atoms with Crippen LogP contribution < -0.4 is 15.5 Å². The van der Waals surface area contributed by atoms with Crippen molar-refractivity contribution in [1.82, 2.24) is 15.2 Å². The van der Waals surface area contributed by atoms with Crippen LogP contribution in [0.2, 0.25) is 0 Å². The molecule has 0 bridgehead atoms. The Labute approximate surface area is 161 Å². The molecule has 4 rings (SSSR count). The van der Waals surface area contributed by atoms with E-state index < -0.39 is 5.82 Å². The number of para-hydroxylation sites is 1. The molecule has 0 unspecified atom stereocenters. The van der Waals surface area contributed by atoms with Crippen LogP contribution in [0, 0.1) is 5.82 Å². The monoisotopic (exact) mass is 380 g/mol. The number of nitrogens with one attached hydrogen (secondary N) is 2. The van der Waals surface area contributed by atoms with E-state index >= 15 is 0 Å². The molecule has 7 heteroatoms. The van der Waals surface area contributed by atoms with Gasteiger partial charge in [-0.3, -0.25) is 4.79 Å². The molecular weight excluding hydrogens is 359 g/mol. The van der Waals surface area contributed by atoms with Crippen molar-refractivity contribution in [2.45, 2.75) is 19.0 Å². The van der Waals surface area contributed by atoms with E-state index in [4.69, 9.17) is 0 Å². The minimum absolute atomic E-state index is 0.130. The third-order valence-electron chi connectivity index (χ3n) is 4.90. The number of halogens is 1. The fraction of sp³-hybridized carbons (Fsp3) is 0.238. The van der Waals surface area contributed by atoms with Crippen molar-refractivity contribution in [2.75, 3.05) is 18.0 Å². The van der Waals surface area contributed by atoms with Crippen molar-refractivity contribution < 1.29 is 14.0 Å². The summed E-state index contributed by atoms with van der Waals surface area (Å²) < 4.78 is 15.5. The zero-order valence-corrected chi connectivity index (χ0v) is 15.3. The predicted molar refractivity (Wildman–Crippen MR) is 106 cm³/mol. The van der Waals surface area contributed by atoms with Gasteiger partial charge in [-0.05, 0) is 35.7 Å². The van der Waals surface area contributed by atoms with Crippen molar-refractivity contribution >= 4 is 28.5 Å². The van der Waals surface area contributed by atoms with Gasteiger partial charge < -0.3 is 20.1 Å².